The van der Waals surface area contributed by atoms with E-state index >= 15 is 0 Å². The Morgan fingerprint density at radius 1 is 1.31 bits per heavy atom. The first-order valence-electron chi connectivity index (χ1n) is 4.19. The predicted molar refractivity (Wildman–Crippen MR) is 50.1 cm³/mol. The SMILES string of the molecule is Cc1cc2c(C)n(C)nc2cc1F. The summed E-state index contributed by atoms with van der Waals surface area (Å²) in [5, 5.41) is 5.22. The first-order valence-corrected chi connectivity index (χ1v) is 4.19. The number of aryl methyl sites for hydroxylation is 3. The molecule has 0 N–H and O–H groups in total. The molecule has 1 aromatic carbocycles. The maximum Gasteiger partial charge on any atom is 0.128 e. The lowest BCUT2D eigenvalue weighted by molar-refractivity contribution is 0.620. The smallest absolute Gasteiger partial charge is 0.128 e. The highest BCUT2D eigenvalue weighted by Crippen LogP contribution is 2.20. The third-order valence-electron chi connectivity index (χ3n) is 2.41. The minimum absolute atomic E-state index is 0.189. The number of hydrogen-bond acceptors (Lipinski definition) is 1. The molecule has 0 unspecified atom stereocenters. The highest BCUT2D eigenvalue weighted by atomic mass is 19.1. The van der Waals surface area contributed by atoms with Crippen LogP contribution in [0.25, 0.3) is 10.9 Å². The van der Waals surface area contributed by atoms with Crippen molar-refractivity contribution in [3.63, 3.8) is 0 Å². The van der Waals surface area contributed by atoms with Gasteiger partial charge in [0, 0.05) is 24.2 Å². The molecule has 1 aromatic heterocycles. The summed E-state index contributed by atoms with van der Waals surface area (Å²) in [7, 11) is 1.86. The Bertz CT molecular complexity index is 471. The average molecular weight is 178 g/mol. The van der Waals surface area contributed by atoms with E-state index in [1.54, 1.807) is 11.6 Å². The van der Waals surface area contributed by atoms with Gasteiger partial charge in [-0.05, 0) is 25.5 Å². The molecule has 68 valence electrons. The molecule has 0 radical (unpaired) electrons. The van der Waals surface area contributed by atoms with E-state index in [2.05, 4.69) is 5.10 Å². The quantitative estimate of drug-likeness (QED) is 0.605. The summed E-state index contributed by atoms with van der Waals surface area (Å²) in [6.45, 7) is 3.74. The number of aromatic nitrogens is 2. The molecule has 0 aliphatic rings. The Labute approximate surface area is 76.0 Å². The van der Waals surface area contributed by atoms with Crippen LogP contribution >= 0.6 is 0 Å². The first kappa shape index (κ1) is 8.23. The molecule has 2 aromatic rings. The van der Waals surface area contributed by atoms with Crippen molar-refractivity contribution in [1.29, 1.82) is 0 Å². The lowest BCUT2D eigenvalue weighted by Crippen LogP contribution is -1.91. The number of nitrogens with zero attached hydrogens (tertiary/aromatic N) is 2. The summed E-state index contributed by atoms with van der Waals surface area (Å²) in [6, 6.07) is 3.32. The summed E-state index contributed by atoms with van der Waals surface area (Å²) >= 11 is 0. The van der Waals surface area contributed by atoms with Crippen LogP contribution in [0.15, 0.2) is 12.1 Å². The molecule has 1 heterocycles. The maximum atomic E-state index is 13.1. The zero-order chi connectivity index (χ0) is 9.59. The Kier molecular flexibility index (Phi) is 1.62. The molecule has 3 heteroatoms. The van der Waals surface area contributed by atoms with E-state index in [9.17, 15) is 4.39 Å². The van der Waals surface area contributed by atoms with E-state index in [4.69, 9.17) is 0 Å². The molecule has 0 aliphatic heterocycles. The maximum absolute atomic E-state index is 13.1. The van der Waals surface area contributed by atoms with Crippen molar-refractivity contribution >= 4 is 10.9 Å². The Morgan fingerprint density at radius 2 is 2.00 bits per heavy atom. The number of fused-ring (bicyclic) bond motifs is 1. The number of hydrogen-bond donors (Lipinski definition) is 0. The van der Waals surface area contributed by atoms with E-state index in [0.29, 0.717) is 5.56 Å². The zero-order valence-corrected chi connectivity index (χ0v) is 7.93. The van der Waals surface area contributed by atoms with Crippen LogP contribution in [0.1, 0.15) is 11.3 Å². The lowest BCUT2D eigenvalue weighted by Gasteiger charge is -1.95. The van der Waals surface area contributed by atoms with Crippen molar-refractivity contribution in [1.82, 2.24) is 9.78 Å². The normalized spacial score (nSPS) is 11.1. The van der Waals surface area contributed by atoms with Gasteiger partial charge in [0.05, 0.1) is 5.52 Å². The van der Waals surface area contributed by atoms with Gasteiger partial charge in [-0.1, -0.05) is 0 Å². The molecule has 13 heavy (non-hydrogen) atoms. The molecule has 0 fully saturated rings. The van der Waals surface area contributed by atoms with E-state index in [0.717, 1.165) is 16.6 Å². The van der Waals surface area contributed by atoms with Gasteiger partial charge in [0.2, 0.25) is 0 Å². The summed E-state index contributed by atoms with van der Waals surface area (Å²) in [5.41, 5.74) is 2.46. The molecular formula is C10H11FN2. The summed E-state index contributed by atoms with van der Waals surface area (Å²) in [5.74, 6) is -0.189. The second-order valence-corrected chi connectivity index (χ2v) is 3.33. The fourth-order valence-corrected chi connectivity index (χ4v) is 1.45. The molecular weight excluding hydrogens is 167 g/mol. The zero-order valence-electron chi connectivity index (χ0n) is 7.93. The van der Waals surface area contributed by atoms with Gasteiger partial charge in [-0.3, -0.25) is 4.68 Å². The van der Waals surface area contributed by atoms with Crippen molar-refractivity contribution < 1.29 is 4.39 Å². The molecule has 0 saturated heterocycles. The molecule has 0 atom stereocenters. The van der Waals surface area contributed by atoms with Gasteiger partial charge in [-0.15, -0.1) is 0 Å². The third-order valence-corrected chi connectivity index (χ3v) is 2.41. The van der Waals surface area contributed by atoms with Gasteiger partial charge < -0.3 is 0 Å². The van der Waals surface area contributed by atoms with Gasteiger partial charge in [0.25, 0.3) is 0 Å². The first-order chi connectivity index (χ1) is 6.09. The van der Waals surface area contributed by atoms with Crippen molar-refractivity contribution in [3.05, 3.63) is 29.2 Å². The summed E-state index contributed by atoms with van der Waals surface area (Å²) < 4.78 is 14.9. The van der Waals surface area contributed by atoms with Gasteiger partial charge >= 0.3 is 0 Å². The van der Waals surface area contributed by atoms with Crippen LogP contribution in [0.3, 0.4) is 0 Å². The van der Waals surface area contributed by atoms with Crippen molar-refractivity contribution in [2.45, 2.75) is 13.8 Å². The summed E-state index contributed by atoms with van der Waals surface area (Å²) in [4.78, 5) is 0. The number of benzene rings is 1. The van der Waals surface area contributed by atoms with Crippen LogP contribution in [-0.4, -0.2) is 9.78 Å². The van der Waals surface area contributed by atoms with Crippen LogP contribution in [0.2, 0.25) is 0 Å². The third kappa shape index (κ3) is 1.11. The fraction of sp³-hybridized carbons (Fsp3) is 0.300. The van der Waals surface area contributed by atoms with Crippen LogP contribution in [0.4, 0.5) is 4.39 Å². The Morgan fingerprint density at radius 3 is 2.69 bits per heavy atom. The van der Waals surface area contributed by atoms with Crippen LogP contribution in [0, 0.1) is 19.7 Å². The fourth-order valence-electron chi connectivity index (χ4n) is 1.45. The topological polar surface area (TPSA) is 17.8 Å². The standard InChI is InChI=1S/C10H11FN2/c1-6-4-8-7(2)13(3)12-10(8)5-9(6)11/h4-5H,1-3H3. The summed E-state index contributed by atoms with van der Waals surface area (Å²) in [6.07, 6.45) is 0. The average Bonchev–Trinajstić information content (AvgIpc) is 2.32. The highest BCUT2D eigenvalue weighted by molar-refractivity contribution is 5.82. The monoisotopic (exact) mass is 178 g/mol. The Hall–Kier alpha value is -1.38. The molecule has 2 nitrogen and oxygen atoms in total. The van der Waals surface area contributed by atoms with E-state index in [1.807, 2.05) is 20.0 Å². The largest absolute Gasteiger partial charge is 0.272 e. The van der Waals surface area contributed by atoms with Crippen LogP contribution in [0.5, 0.6) is 0 Å². The van der Waals surface area contributed by atoms with E-state index in [1.165, 1.54) is 6.07 Å². The van der Waals surface area contributed by atoms with Crippen molar-refractivity contribution in [2.75, 3.05) is 0 Å². The van der Waals surface area contributed by atoms with Gasteiger partial charge in [0.15, 0.2) is 0 Å². The molecule has 0 amide bonds. The highest BCUT2D eigenvalue weighted by Gasteiger charge is 2.07. The lowest BCUT2D eigenvalue weighted by atomic mass is 10.1. The van der Waals surface area contributed by atoms with E-state index in [-0.39, 0.29) is 5.82 Å². The molecule has 0 spiro atoms. The minimum Gasteiger partial charge on any atom is -0.272 e. The van der Waals surface area contributed by atoms with Gasteiger partial charge in [0.1, 0.15) is 5.82 Å². The Balaban J connectivity index is 2.89. The second-order valence-electron chi connectivity index (χ2n) is 3.33. The molecule has 0 aliphatic carbocycles. The van der Waals surface area contributed by atoms with Crippen LogP contribution < -0.4 is 0 Å². The second kappa shape index (κ2) is 2.55. The van der Waals surface area contributed by atoms with Gasteiger partial charge in [-0.25, -0.2) is 4.39 Å². The van der Waals surface area contributed by atoms with Gasteiger partial charge in [-0.2, -0.15) is 5.10 Å². The van der Waals surface area contributed by atoms with Crippen molar-refractivity contribution in [2.24, 2.45) is 7.05 Å². The molecule has 2 rings (SSSR count). The predicted octanol–water partition coefficient (Wildman–Crippen LogP) is 2.33. The molecule has 0 saturated carbocycles. The van der Waals surface area contributed by atoms with Crippen LogP contribution in [-0.2, 0) is 7.05 Å². The minimum atomic E-state index is -0.189. The van der Waals surface area contributed by atoms with E-state index < -0.39 is 0 Å². The number of rotatable bonds is 0. The molecule has 0 bridgehead atoms. The number of halogens is 1. The van der Waals surface area contributed by atoms with Crippen molar-refractivity contribution in [3.8, 4) is 0 Å².